The van der Waals surface area contributed by atoms with Crippen LogP contribution >= 0.6 is 0 Å². The molecule has 3 aliphatic heterocycles. The summed E-state index contributed by atoms with van der Waals surface area (Å²) in [6.07, 6.45) is 5.17. The predicted molar refractivity (Wildman–Crippen MR) is 90.3 cm³/mol. The molecule has 0 spiro atoms. The molecule has 2 amide bonds. The first-order valence-corrected chi connectivity index (χ1v) is 8.60. The van der Waals surface area contributed by atoms with Crippen LogP contribution in [0.1, 0.15) is 31.2 Å². The molecule has 24 heavy (non-hydrogen) atoms. The van der Waals surface area contributed by atoms with E-state index in [0.29, 0.717) is 24.3 Å². The zero-order chi connectivity index (χ0) is 16.8. The van der Waals surface area contributed by atoms with Crippen LogP contribution in [0, 0.1) is 10.1 Å². The topological polar surface area (TPSA) is 78.7 Å². The van der Waals surface area contributed by atoms with Gasteiger partial charge in [-0.25, -0.2) is 4.79 Å². The number of nitro benzene ring substituents is 1. The number of carbonyl (C=O) groups excluding carboxylic acids is 1. The number of non-ortho nitro benzene ring substituents is 1. The van der Waals surface area contributed by atoms with Gasteiger partial charge in [-0.05, 0) is 44.7 Å². The average Bonchev–Trinajstić information content (AvgIpc) is 3.05. The molecule has 1 aromatic rings. The highest BCUT2D eigenvalue weighted by Gasteiger charge is 2.39. The van der Waals surface area contributed by atoms with Crippen LogP contribution in [-0.2, 0) is 6.42 Å². The van der Waals surface area contributed by atoms with E-state index in [1.54, 1.807) is 11.0 Å². The fourth-order valence-electron chi connectivity index (χ4n) is 4.47. The van der Waals surface area contributed by atoms with Crippen LogP contribution in [0.4, 0.5) is 16.2 Å². The van der Waals surface area contributed by atoms with Gasteiger partial charge in [0, 0.05) is 36.8 Å². The molecule has 3 heterocycles. The number of nitrogens with zero attached hydrogens (tertiary/aromatic N) is 3. The molecule has 128 valence electrons. The third-order valence-electron chi connectivity index (χ3n) is 5.85. The zero-order valence-corrected chi connectivity index (χ0v) is 13.8. The molecular formula is C17H22N4O3. The first-order valence-electron chi connectivity index (χ1n) is 8.60. The van der Waals surface area contributed by atoms with Gasteiger partial charge in [0.25, 0.3) is 5.69 Å². The van der Waals surface area contributed by atoms with Crippen molar-refractivity contribution in [2.24, 2.45) is 0 Å². The number of hydrogen-bond donors (Lipinski definition) is 1. The van der Waals surface area contributed by atoms with Crippen molar-refractivity contribution in [1.82, 2.24) is 10.2 Å². The van der Waals surface area contributed by atoms with Gasteiger partial charge in [0.15, 0.2) is 0 Å². The molecule has 0 aromatic heterocycles. The van der Waals surface area contributed by atoms with E-state index in [2.05, 4.69) is 17.3 Å². The monoisotopic (exact) mass is 330 g/mol. The Labute approximate surface area is 140 Å². The summed E-state index contributed by atoms with van der Waals surface area (Å²) < 4.78 is 0. The number of carbonyl (C=O) groups is 1. The van der Waals surface area contributed by atoms with Crippen molar-refractivity contribution < 1.29 is 9.72 Å². The van der Waals surface area contributed by atoms with E-state index in [0.717, 1.165) is 24.8 Å². The first-order chi connectivity index (χ1) is 11.5. The lowest BCUT2D eigenvalue weighted by Crippen LogP contribution is -2.51. The van der Waals surface area contributed by atoms with Crippen LogP contribution in [0.3, 0.4) is 0 Å². The second-order valence-electron chi connectivity index (χ2n) is 7.14. The van der Waals surface area contributed by atoms with Crippen LogP contribution in [0.5, 0.6) is 0 Å². The number of piperidine rings is 1. The summed E-state index contributed by atoms with van der Waals surface area (Å²) >= 11 is 0. The van der Waals surface area contributed by atoms with Gasteiger partial charge in [-0.15, -0.1) is 0 Å². The molecule has 4 rings (SSSR count). The Hall–Kier alpha value is -2.15. The van der Waals surface area contributed by atoms with Crippen molar-refractivity contribution in [2.45, 2.75) is 50.2 Å². The van der Waals surface area contributed by atoms with Gasteiger partial charge in [-0.1, -0.05) is 6.07 Å². The van der Waals surface area contributed by atoms with Crippen LogP contribution in [-0.4, -0.2) is 47.6 Å². The molecule has 2 atom stereocenters. The van der Waals surface area contributed by atoms with Gasteiger partial charge >= 0.3 is 6.03 Å². The quantitative estimate of drug-likeness (QED) is 0.666. The Balaban J connectivity index is 1.47. The Morgan fingerprint density at radius 1 is 1.29 bits per heavy atom. The molecule has 2 bridgehead atoms. The number of amides is 2. The van der Waals surface area contributed by atoms with Gasteiger partial charge < -0.3 is 10.2 Å². The van der Waals surface area contributed by atoms with Crippen molar-refractivity contribution in [2.75, 3.05) is 18.5 Å². The molecule has 7 nitrogen and oxygen atoms in total. The van der Waals surface area contributed by atoms with Gasteiger partial charge in [-0.2, -0.15) is 0 Å². The van der Waals surface area contributed by atoms with E-state index in [1.807, 2.05) is 0 Å². The lowest BCUT2D eigenvalue weighted by molar-refractivity contribution is -0.384. The number of anilines is 1. The number of urea groups is 1. The maximum atomic E-state index is 12.7. The van der Waals surface area contributed by atoms with E-state index in [4.69, 9.17) is 0 Å². The fourth-order valence-corrected chi connectivity index (χ4v) is 4.47. The van der Waals surface area contributed by atoms with Gasteiger partial charge in [-0.3, -0.25) is 15.0 Å². The molecule has 0 aliphatic carbocycles. The second-order valence-corrected chi connectivity index (χ2v) is 7.14. The summed E-state index contributed by atoms with van der Waals surface area (Å²) in [6.45, 7) is 0.585. The van der Waals surface area contributed by atoms with Crippen LogP contribution < -0.4 is 10.2 Å². The van der Waals surface area contributed by atoms with E-state index in [9.17, 15) is 14.9 Å². The first kappa shape index (κ1) is 15.4. The van der Waals surface area contributed by atoms with Gasteiger partial charge in [0.05, 0.1) is 10.6 Å². The minimum absolute atomic E-state index is 0.0331. The Bertz CT molecular complexity index is 678. The van der Waals surface area contributed by atoms with Crippen LogP contribution in [0.25, 0.3) is 0 Å². The number of fused-ring (bicyclic) bond motifs is 3. The molecule has 1 aromatic carbocycles. The lowest BCUT2D eigenvalue weighted by atomic mass is 9.98. The van der Waals surface area contributed by atoms with Crippen molar-refractivity contribution >= 4 is 17.4 Å². The number of nitrogens with one attached hydrogen (secondary N) is 1. The summed E-state index contributed by atoms with van der Waals surface area (Å²) in [5, 5.41) is 14.1. The van der Waals surface area contributed by atoms with Crippen molar-refractivity contribution in [1.29, 1.82) is 0 Å². The molecule has 7 heteroatoms. The van der Waals surface area contributed by atoms with Crippen LogP contribution in [0.15, 0.2) is 18.2 Å². The number of benzene rings is 1. The second kappa shape index (κ2) is 5.73. The van der Waals surface area contributed by atoms with Crippen molar-refractivity contribution in [3.63, 3.8) is 0 Å². The van der Waals surface area contributed by atoms with Gasteiger partial charge in [0.1, 0.15) is 0 Å². The normalized spacial score (nSPS) is 28.7. The molecule has 2 saturated heterocycles. The van der Waals surface area contributed by atoms with E-state index >= 15 is 0 Å². The predicted octanol–water partition coefficient (Wildman–Crippen LogP) is 2.29. The number of nitro groups is 1. The smallest absolute Gasteiger partial charge is 0.322 e. The summed E-state index contributed by atoms with van der Waals surface area (Å²) in [5.41, 5.74) is 1.71. The highest BCUT2D eigenvalue weighted by atomic mass is 16.6. The molecule has 2 unspecified atom stereocenters. The van der Waals surface area contributed by atoms with Gasteiger partial charge in [0.2, 0.25) is 0 Å². The SMILES string of the molecule is CN1C2CCC1CC(NC(=O)N1CCc3ccc([N+](=O)[O-])cc31)C2. The standard InChI is InChI=1S/C17H22N4O3/c1-19-13-4-5-14(19)9-12(8-13)18-17(22)20-7-6-11-2-3-15(21(23)24)10-16(11)20/h2-3,10,12-14H,4-9H2,1H3,(H,18,22). The summed E-state index contributed by atoms with van der Waals surface area (Å²) in [6, 6.07) is 6.00. The van der Waals surface area contributed by atoms with Crippen molar-refractivity contribution in [3.05, 3.63) is 33.9 Å². The Morgan fingerprint density at radius 3 is 2.67 bits per heavy atom. The minimum Gasteiger partial charge on any atom is -0.335 e. The van der Waals surface area contributed by atoms with E-state index in [1.165, 1.54) is 25.0 Å². The average molecular weight is 330 g/mol. The van der Waals surface area contributed by atoms with Crippen molar-refractivity contribution in [3.8, 4) is 0 Å². The molecule has 1 N–H and O–H groups in total. The Morgan fingerprint density at radius 2 is 2.00 bits per heavy atom. The molecule has 0 radical (unpaired) electrons. The molecular weight excluding hydrogens is 308 g/mol. The highest BCUT2D eigenvalue weighted by molar-refractivity contribution is 5.94. The molecule has 3 aliphatic rings. The van der Waals surface area contributed by atoms with Crippen LogP contribution in [0.2, 0.25) is 0 Å². The molecule has 2 fully saturated rings. The Kier molecular flexibility index (Phi) is 3.68. The lowest BCUT2D eigenvalue weighted by Gasteiger charge is -2.37. The number of rotatable bonds is 2. The number of hydrogen-bond acceptors (Lipinski definition) is 4. The maximum Gasteiger partial charge on any atom is 0.322 e. The summed E-state index contributed by atoms with van der Waals surface area (Å²) in [7, 11) is 2.18. The summed E-state index contributed by atoms with van der Waals surface area (Å²) in [4.78, 5) is 27.4. The third kappa shape index (κ3) is 2.53. The largest absolute Gasteiger partial charge is 0.335 e. The fraction of sp³-hybridized carbons (Fsp3) is 0.588. The zero-order valence-electron chi connectivity index (χ0n) is 13.8. The third-order valence-corrected chi connectivity index (χ3v) is 5.85. The van der Waals surface area contributed by atoms with E-state index in [-0.39, 0.29) is 17.8 Å². The van der Waals surface area contributed by atoms with E-state index < -0.39 is 4.92 Å². The highest BCUT2D eigenvalue weighted by Crippen LogP contribution is 2.35. The minimum atomic E-state index is -0.413. The molecule has 0 saturated carbocycles. The maximum absolute atomic E-state index is 12.7. The summed E-state index contributed by atoms with van der Waals surface area (Å²) in [5.74, 6) is 0.